The van der Waals surface area contributed by atoms with Crippen molar-refractivity contribution in [2.75, 3.05) is 13.2 Å². The van der Waals surface area contributed by atoms with E-state index < -0.39 is 29.5 Å². The van der Waals surface area contributed by atoms with Gasteiger partial charge in [-0.2, -0.15) is 0 Å². The molecule has 9 nitrogen and oxygen atoms in total. The van der Waals surface area contributed by atoms with Crippen LogP contribution in [0.25, 0.3) is 10.4 Å². The van der Waals surface area contributed by atoms with Crippen molar-refractivity contribution >= 4 is 29.1 Å². The van der Waals surface area contributed by atoms with Gasteiger partial charge < -0.3 is 25.7 Å². The molecule has 2 aromatic rings. The number of carbonyl (C=O) groups is 3. The zero-order chi connectivity index (χ0) is 26.5. The van der Waals surface area contributed by atoms with Crippen molar-refractivity contribution in [2.24, 2.45) is 5.41 Å². The smallest absolute Gasteiger partial charge is 0.246 e. The van der Waals surface area contributed by atoms with Gasteiger partial charge in [0.05, 0.1) is 22.2 Å². The maximum Gasteiger partial charge on any atom is 0.246 e. The Bertz CT molecular complexity index is 1060. The summed E-state index contributed by atoms with van der Waals surface area (Å²) < 4.78 is 0. The van der Waals surface area contributed by atoms with Crippen LogP contribution in [0.4, 0.5) is 0 Å². The van der Waals surface area contributed by atoms with E-state index >= 15 is 0 Å². The highest BCUT2D eigenvalue weighted by Crippen LogP contribution is 2.28. The van der Waals surface area contributed by atoms with E-state index in [9.17, 15) is 19.5 Å². The highest BCUT2D eigenvalue weighted by Gasteiger charge is 2.44. The summed E-state index contributed by atoms with van der Waals surface area (Å²) in [6.07, 6.45) is -0.284. The lowest BCUT2D eigenvalue weighted by molar-refractivity contribution is -0.144. The number of β-amino-alcohol motifs (C(OH)–C–C–N with tert-alkyl or cyclic N) is 1. The monoisotopic (exact) mass is 516 g/mol. The van der Waals surface area contributed by atoms with Crippen LogP contribution in [0.5, 0.6) is 0 Å². The first kappa shape index (κ1) is 27.8. The molecular formula is C26H36N4O5S. The fourth-order valence-electron chi connectivity index (χ4n) is 4.25. The minimum Gasteiger partial charge on any atom is -0.396 e. The van der Waals surface area contributed by atoms with Crippen LogP contribution in [0.2, 0.25) is 0 Å². The summed E-state index contributed by atoms with van der Waals surface area (Å²) >= 11 is 1.58. The maximum absolute atomic E-state index is 13.5. The lowest BCUT2D eigenvalue weighted by Crippen LogP contribution is -2.57. The van der Waals surface area contributed by atoms with Crippen molar-refractivity contribution in [1.82, 2.24) is 20.5 Å². The van der Waals surface area contributed by atoms with E-state index in [2.05, 4.69) is 15.6 Å². The van der Waals surface area contributed by atoms with E-state index in [4.69, 9.17) is 5.11 Å². The number of carbonyl (C=O) groups excluding carboxylic acids is 3. The van der Waals surface area contributed by atoms with Crippen LogP contribution in [0.3, 0.4) is 0 Å². The number of amides is 3. The Morgan fingerprint density at radius 3 is 2.50 bits per heavy atom. The zero-order valence-corrected chi connectivity index (χ0v) is 22.1. The third kappa shape index (κ3) is 6.89. The summed E-state index contributed by atoms with van der Waals surface area (Å²) in [5.41, 5.74) is 4.15. The zero-order valence-electron chi connectivity index (χ0n) is 21.3. The quantitative estimate of drug-likeness (QED) is 0.403. The van der Waals surface area contributed by atoms with Crippen molar-refractivity contribution in [1.29, 1.82) is 0 Å². The normalized spacial score (nSPS) is 18.7. The van der Waals surface area contributed by atoms with Crippen molar-refractivity contribution in [2.45, 2.75) is 71.7 Å². The second-order valence-corrected chi connectivity index (χ2v) is 11.1. The van der Waals surface area contributed by atoms with Crippen molar-refractivity contribution in [3.8, 4) is 10.4 Å². The number of aryl methyl sites for hydroxylation is 1. The Morgan fingerprint density at radius 2 is 1.92 bits per heavy atom. The van der Waals surface area contributed by atoms with Crippen molar-refractivity contribution < 1.29 is 24.6 Å². The molecule has 196 valence electrons. The van der Waals surface area contributed by atoms with E-state index in [1.54, 1.807) is 11.3 Å². The maximum atomic E-state index is 13.5. The number of aliphatic hydroxyl groups excluding tert-OH is 2. The predicted molar refractivity (Wildman–Crippen MR) is 138 cm³/mol. The van der Waals surface area contributed by atoms with Gasteiger partial charge in [0.15, 0.2) is 0 Å². The molecule has 0 aliphatic carbocycles. The van der Waals surface area contributed by atoms with Crippen LogP contribution < -0.4 is 10.6 Å². The summed E-state index contributed by atoms with van der Waals surface area (Å²) in [7, 11) is 0. The Morgan fingerprint density at radius 1 is 1.22 bits per heavy atom. The molecule has 3 atom stereocenters. The van der Waals surface area contributed by atoms with Gasteiger partial charge in [-0.25, -0.2) is 4.98 Å². The second-order valence-electron chi connectivity index (χ2n) is 10.3. The standard InChI is InChI=1S/C26H36N4O5S/c1-16-22(36-15-28-16)18-9-7-17(8-10-18)13-27-24(34)20-12-19(32)14-30(20)25(35)23(26(2,3)4)29-21(33)6-5-11-31/h7-10,15,19-20,23,31-32H,5-6,11-14H2,1-4H3,(H,27,34)(H,29,33)/t19-,20+,23-/m1/s1. The van der Waals surface area contributed by atoms with Crippen LogP contribution in [-0.4, -0.2) is 69.2 Å². The Balaban J connectivity index is 1.66. The van der Waals surface area contributed by atoms with Crippen molar-refractivity contribution in [3.63, 3.8) is 0 Å². The Hall–Kier alpha value is -2.82. The number of hydrogen-bond donors (Lipinski definition) is 4. The molecule has 0 spiro atoms. The van der Waals surface area contributed by atoms with Crippen molar-refractivity contribution in [3.05, 3.63) is 41.0 Å². The van der Waals surface area contributed by atoms with Crippen LogP contribution in [0.1, 0.15) is 51.3 Å². The number of nitrogens with zero attached hydrogens (tertiary/aromatic N) is 2. The molecule has 0 bridgehead atoms. The highest BCUT2D eigenvalue weighted by atomic mass is 32.1. The van der Waals surface area contributed by atoms with Gasteiger partial charge in [0.2, 0.25) is 17.7 Å². The van der Waals surface area contributed by atoms with Gasteiger partial charge in [-0.15, -0.1) is 11.3 Å². The number of nitrogens with one attached hydrogen (secondary N) is 2. The van der Waals surface area contributed by atoms with Gasteiger partial charge in [0.1, 0.15) is 12.1 Å². The molecular weight excluding hydrogens is 480 g/mol. The first-order valence-corrected chi connectivity index (χ1v) is 13.0. The number of rotatable bonds is 9. The second kappa shape index (κ2) is 11.9. The van der Waals surface area contributed by atoms with Gasteiger partial charge in [-0.3, -0.25) is 14.4 Å². The molecule has 1 aromatic heterocycles. The molecule has 1 aliphatic heterocycles. The van der Waals surface area contributed by atoms with Crippen LogP contribution in [0, 0.1) is 12.3 Å². The van der Waals surface area contributed by atoms with E-state index in [0.717, 1.165) is 21.7 Å². The number of aromatic nitrogens is 1. The van der Waals surface area contributed by atoms with E-state index in [1.807, 2.05) is 57.5 Å². The minimum atomic E-state index is -0.868. The van der Waals surface area contributed by atoms with Crippen LogP contribution in [-0.2, 0) is 20.9 Å². The first-order chi connectivity index (χ1) is 17.0. The number of hydrogen-bond acceptors (Lipinski definition) is 7. The number of likely N-dealkylation sites (tertiary alicyclic amines) is 1. The summed E-state index contributed by atoms with van der Waals surface area (Å²) in [5, 5.41) is 24.9. The molecule has 1 aromatic carbocycles. The van der Waals surface area contributed by atoms with Gasteiger partial charge in [0.25, 0.3) is 0 Å². The van der Waals surface area contributed by atoms with E-state index in [-0.39, 0.29) is 44.4 Å². The minimum absolute atomic E-state index is 0.0267. The lowest BCUT2D eigenvalue weighted by Gasteiger charge is -2.35. The lowest BCUT2D eigenvalue weighted by atomic mass is 9.85. The molecule has 10 heteroatoms. The largest absolute Gasteiger partial charge is 0.396 e. The summed E-state index contributed by atoms with van der Waals surface area (Å²) in [5.74, 6) is -1.09. The summed E-state index contributed by atoms with van der Waals surface area (Å²) in [6, 6.07) is 6.17. The van der Waals surface area contributed by atoms with E-state index in [1.165, 1.54) is 4.90 Å². The average molecular weight is 517 g/mol. The molecule has 0 radical (unpaired) electrons. The van der Waals surface area contributed by atoms with Crippen LogP contribution in [0.15, 0.2) is 29.8 Å². The Labute approximate surface area is 215 Å². The van der Waals surface area contributed by atoms with Gasteiger partial charge in [-0.05, 0) is 29.9 Å². The first-order valence-electron chi connectivity index (χ1n) is 12.2. The molecule has 1 saturated heterocycles. The van der Waals surface area contributed by atoms with Gasteiger partial charge >= 0.3 is 0 Å². The molecule has 0 unspecified atom stereocenters. The molecule has 36 heavy (non-hydrogen) atoms. The third-order valence-corrected chi connectivity index (χ3v) is 7.25. The molecule has 1 fully saturated rings. The van der Waals surface area contributed by atoms with Gasteiger partial charge in [-0.1, -0.05) is 45.0 Å². The molecule has 3 amide bonds. The summed E-state index contributed by atoms with van der Waals surface area (Å²) in [4.78, 5) is 45.6. The number of aliphatic hydroxyl groups is 2. The average Bonchev–Trinajstić information content (AvgIpc) is 3.44. The molecule has 3 rings (SSSR count). The van der Waals surface area contributed by atoms with Crippen LogP contribution >= 0.6 is 11.3 Å². The highest BCUT2D eigenvalue weighted by molar-refractivity contribution is 7.13. The number of benzene rings is 1. The fraction of sp³-hybridized carbons (Fsp3) is 0.538. The Kier molecular flexibility index (Phi) is 9.21. The van der Waals surface area contributed by atoms with E-state index in [0.29, 0.717) is 6.42 Å². The predicted octanol–water partition coefficient (Wildman–Crippen LogP) is 2.00. The summed E-state index contributed by atoms with van der Waals surface area (Å²) in [6.45, 7) is 7.67. The van der Waals surface area contributed by atoms with Gasteiger partial charge in [0, 0.05) is 32.5 Å². The molecule has 0 saturated carbocycles. The fourth-order valence-corrected chi connectivity index (χ4v) is 5.06. The number of thiazole rings is 1. The SMILES string of the molecule is Cc1ncsc1-c1ccc(CNC(=O)[C@@H]2C[C@@H](O)CN2C(=O)[C@@H](NC(=O)CCCO)C(C)(C)C)cc1. The molecule has 2 heterocycles. The molecule has 4 N–H and O–H groups in total. The third-order valence-electron chi connectivity index (χ3n) is 6.27. The topological polar surface area (TPSA) is 132 Å². The molecule has 1 aliphatic rings.